The van der Waals surface area contributed by atoms with Crippen LogP contribution < -0.4 is 9.64 Å². The van der Waals surface area contributed by atoms with Crippen LogP contribution in [0.4, 0.5) is 5.69 Å². The van der Waals surface area contributed by atoms with Crippen molar-refractivity contribution in [2.24, 2.45) is 0 Å². The monoisotopic (exact) mass is 570 g/mol. The highest BCUT2D eigenvalue weighted by Crippen LogP contribution is 2.39. The smallest absolute Gasteiger partial charge is 0.339 e. The zero-order valence-corrected chi connectivity index (χ0v) is 23.2. The number of anilines is 1. The van der Waals surface area contributed by atoms with Gasteiger partial charge in [-0.15, -0.1) is 6.42 Å². The third-order valence-electron chi connectivity index (χ3n) is 5.94. The molecule has 1 unspecified atom stereocenters. The summed E-state index contributed by atoms with van der Waals surface area (Å²) in [6.07, 6.45) is 11.4. The lowest BCUT2D eigenvalue weighted by Crippen LogP contribution is -2.34. The summed E-state index contributed by atoms with van der Waals surface area (Å²) in [5.74, 6) is 1.09. The number of aromatic nitrogens is 1. The number of pyridine rings is 1. The molecule has 0 saturated heterocycles. The van der Waals surface area contributed by atoms with Gasteiger partial charge in [0.25, 0.3) is 5.91 Å². The van der Waals surface area contributed by atoms with Crippen molar-refractivity contribution >= 4 is 46.7 Å². The molecular weight excluding hydrogens is 543 g/mol. The molecule has 1 aliphatic rings. The first-order chi connectivity index (χ1) is 18.7. The molecule has 10 heteroatoms. The highest BCUT2D eigenvalue weighted by molar-refractivity contribution is 6.37. The maximum absolute atomic E-state index is 14.2. The van der Waals surface area contributed by atoms with E-state index in [2.05, 4.69) is 17.5 Å². The SMILES string of the molecule is C#CC(C)Oc1cc(N(Cc2cncc(C(=O)OC)c2)C(=O)C2=C(C(=O)OCC=C)CCCC2)c(Cl)cc1Cl. The van der Waals surface area contributed by atoms with Crippen LogP contribution in [0.2, 0.25) is 10.0 Å². The molecule has 1 aliphatic carbocycles. The van der Waals surface area contributed by atoms with Crippen LogP contribution in [-0.4, -0.2) is 42.7 Å². The molecule has 0 bridgehead atoms. The molecule has 0 spiro atoms. The standard InChI is InChI=1S/C29H28Cl2N2O6/c1-5-11-38-29(36)22-10-8-7-9-21(22)27(34)33(17-19-12-20(16-32-15-19)28(35)37-4)25-14-26(39-18(3)6-2)24(31)13-23(25)30/h2,5,12-16,18H,1,7-11,17H2,3-4H3. The summed E-state index contributed by atoms with van der Waals surface area (Å²) in [6.45, 7) is 5.22. The molecule has 0 fully saturated rings. The second-order valence-corrected chi connectivity index (χ2v) is 9.49. The van der Waals surface area contributed by atoms with E-state index < -0.39 is 23.9 Å². The number of halogens is 2. The van der Waals surface area contributed by atoms with Crippen LogP contribution in [0.15, 0.2) is 54.4 Å². The Labute approximate surface area is 237 Å². The predicted octanol–water partition coefficient (Wildman–Crippen LogP) is 5.71. The lowest BCUT2D eigenvalue weighted by molar-refractivity contribution is -0.138. The van der Waals surface area contributed by atoms with Crippen molar-refractivity contribution in [2.75, 3.05) is 18.6 Å². The molecule has 0 N–H and O–H groups in total. The minimum atomic E-state index is -0.603. The number of rotatable bonds is 10. The largest absolute Gasteiger partial charge is 0.476 e. The van der Waals surface area contributed by atoms with Crippen LogP contribution in [0.25, 0.3) is 0 Å². The van der Waals surface area contributed by atoms with Gasteiger partial charge in [-0.25, -0.2) is 9.59 Å². The van der Waals surface area contributed by atoms with Crippen LogP contribution in [0.1, 0.15) is 48.5 Å². The normalized spacial score (nSPS) is 13.6. The average Bonchev–Trinajstić information content (AvgIpc) is 2.95. The van der Waals surface area contributed by atoms with E-state index in [0.717, 1.165) is 12.8 Å². The van der Waals surface area contributed by atoms with Gasteiger partial charge in [0.05, 0.1) is 35.0 Å². The maximum atomic E-state index is 14.2. The van der Waals surface area contributed by atoms with Crippen molar-refractivity contribution in [1.82, 2.24) is 4.98 Å². The summed E-state index contributed by atoms with van der Waals surface area (Å²) < 4.78 is 15.8. The summed E-state index contributed by atoms with van der Waals surface area (Å²) in [4.78, 5) is 44.6. The van der Waals surface area contributed by atoms with Crippen LogP contribution in [0.3, 0.4) is 0 Å². The van der Waals surface area contributed by atoms with Gasteiger partial charge < -0.3 is 19.1 Å². The molecule has 1 heterocycles. The van der Waals surface area contributed by atoms with Crippen molar-refractivity contribution < 1.29 is 28.6 Å². The summed E-state index contributed by atoms with van der Waals surface area (Å²) in [5.41, 5.74) is 1.62. The Balaban J connectivity index is 2.15. The number of carbonyl (C=O) groups excluding carboxylic acids is 3. The van der Waals surface area contributed by atoms with E-state index in [1.54, 1.807) is 13.0 Å². The Kier molecular flexibility index (Phi) is 10.6. The molecule has 0 aliphatic heterocycles. The zero-order valence-electron chi connectivity index (χ0n) is 21.7. The Morgan fingerprint density at radius 3 is 2.51 bits per heavy atom. The van der Waals surface area contributed by atoms with E-state index in [0.29, 0.717) is 29.6 Å². The summed E-state index contributed by atoms with van der Waals surface area (Å²) >= 11 is 13.0. The topological polar surface area (TPSA) is 95.0 Å². The van der Waals surface area contributed by atoms with Crippen molar-refractivity contribution in [2.45, 2.75) is 45.3 Å². The highest BCUT2D eigenvalue weighted by atomic mass is 35.5. The van der Waals surface area contributed by atoms with Crippen LogP contribution in [-0.2, 0) is 25.6 Å². The molecule has 8 nitrogen and oxygen atoms in total. The molecule has 1 aromatic carbocycles. The van der Waals surface area contributed by atoms with Gasteiger partial charge in [0, 0.05) is 29.6 Å². The lowest BCUT2D eigenvalue weighted by atomic mass is 9.90. The molecule has 0 saturated carbocycles. The maximum Gasteiger partial charge on any atom is 0.339 e. The number of ether oxygens (including phenoxy) is 3. The van der Waals surface area contributed by atoms with Gasteiger partial charge in [-0.3, -0.25) is 9.78 Å². The fourth-order valence-electron chi connectivity index (χ4n) is 4.04. The predicted molar refractivity (Wildman–Crippen MR) is 149 cm³/mol. The molecule has 1 atom stereocenters. The Morgan fingerprint density at radius 2 is 1.85 bits per heavy atom. The minimum absolute atomic E-state index is 0.0244. The Bertz CT molecular complexity index is 1350. The first-order valence-corrected chi connectivity index (χ1v) is 12.9. The fraction of sp³-hybridized carbons (Fsp3) is 0.310. The van der Waals surface area contributed by atoms with Crippen molar-refractivity contribution in [3.63, 3.8) is 0 Å². The van der Waals surface area contributed by atoms with E-state index in [-0.39, 0.29) is 40.2 Å². The quantitative estimate of drug-likeness (QED) is 0.205. The van der Waals surface area contributed by atoms with E-state index in [9.17, 15) is 14.4 Å². The van der Waals surface area contributed by atoms with Gasteiger partial charge >= 0.3 is 11.9 Å². The second kappa shape index (κ2) is 13.8. The first kappa shape index (κ1) is 29.8. The zero-order chi connectivity index (χ0) is 28.5. The summed E-state index contributed by atoms with van der Waals surface area (Å²) in [5, 5.41) is 0.372. The molecule has 3 rings (SSSR count). The van der Waals surface area contributed by atoms with E-state index in [1.165, 1.54) is 42.6 Å². The first-order valence-electron chi connectivity index (χ1n) is 12.2. The van der Waals surface area contributed by atoms with Crippen LogP contribution >= 0.6 is 23.2 Å². The van der Waals surface area contributed by atoms with Crippen molar-refractivity contribution in [3.8, 4) is 18.1 Å². The van der Waals surface area contributed by atoms with Crippen LogP contribution in [0, 0.1) is 12.3 Å². The van der Waals surface area contributed by atoms with Crippen LogP contribution in [0.5, 0.6) is 5.75 Å². The van der Waals surface area contributed by atoms with E-state index in [4.69, 9.17) is 43.8 Å². The van der Waals surface area contributed by atoms with E-state index in [1.807, 2.05) is 0 Å². The Morgan fingerprint density at radius 1 is 1.13 bits per heavy atom. The molecule has 1 aromatic heterocycles. The number of carbonyl (C=O) groups is 3. The van der Waals surface area contributed by atoms with E-state index >= 15 is 0 Å². The third-order valence-corrected chi connectivity index (χ3v) is 6.54. The van der Waals surface area contributed by atoms with Gasteiger partial charge in [-0.2, -0.15) is 0 Å². The number of amides is 1. The number of esters is 2. The minimum Gasteiger partial charge on any atom is -0.476 e. The van der Waals surface area contributed by atoms with Gasteiger partial charge in [-0.05, 0) is 50.3 Å². The third kappa shape index (κ3) is 7.41. The molecule has 204 valence electrons. The highest BCUT2D eigenvalue weighted by Gasteiger charge is 2.30. The van der Waals surface area contributed by atoms with Gasteiger partial charge in [0.2, 0.25) is 0 Å². The second-order valence-electron chi connectivity index (χ2n) is 8.68. The summed E-state index contributed by atoms with van der Waals surface area (Å²) in [6, 6.07) is 4.54. The molecule has 2 aromatic rings. The number of benzene rings is 1. The number of hydrogen-bond acceptors (Lipinski definition) is 7. The number of hydrogen-bond donors (Lipinski definition) is 0. The van der Waals surface area contributed by atoms with Gasteiger partial charge in [0.1, 0.15) is 12.4 Å². The van der Waals surface area contributed by atoms with Crippen molar-refractivity contribution in [3.05, 3.63) is 75.6 Å². The summed E-state index contributed by atoms with van der Waals surface area (Å²) in [7, 11) is 1.26. The lowest BCUT2D eigenvalue weighted by Gasteiger charge is -2.28. The fourth-order valence-corrected chi connectivity index (χ4v) is 4.57. The molecule has 39 heavy (non-hydrogen) atoms. The van der Waals surface area contributed by atoms with Gasteiger partial charge in [-0.1, -0.05) is 41.8 Å². The van der Waals surface area contributed by atoms with Crippen molar-refractivity contribution in [1.29, 1.82) is 0 Å². The number of nitrogens with zero attached hydrogens (tertiary/aromatic N) is 2. The molecular formula is C29H28Cl2N2O6. The van der Waals surface area contributed by atoms with Gasteiger partial charge in [0.15, 0.2) is 6.10 Å². The molecule has 0 radical (unpaired) electrons. The molecule has 1 amide bonds. The Hall–Kier alpha value is -3.80. The number of terminal acetylenes is 1. The number of methoxy groups -OCH3 is 1. The average molecular weight is 571 g/mol.